The van der Waals surface area contributed by atoms with Crippen molar-refractivity contribution < 1.29 is 26.3 Å². The Morgan fingerprint density at radius 1 is 1.14 bits per heavy atom. The fourth-order valence-electron chi connectivity index (χ4n) is 0.788. The average Bonchev–Trinajstić information content (AvgIpc) is 2.01. The average molecular weight is 215 g/mol. The van der Waals surface area contributed by atoms with Crippen molar-refractivity contribution >= 4 is 0 Å². The van der Waals surface area contributed by atoms with Gasteiger partial charge in [-0.05, 0) is 6.07 Å². The van der Waals surface area contributed by atoms with Gasteiger partial charge in [0.1, 0.15) is 5.69 Å². The Morgan fingerprint density at radius 2 is 1.71 bits per heavy atom. The van der Waals surface area contributed by atoms with Crippen molar-refractivity contribution in [2.75, 3.05) is 0 Å². The molecule has 0 aliphatic carbocycles. The van der Waals surface area contributed by atoms with Gasteiger partial charge in [-0.3, -0.25) is 0 Å². The Bertz CT molecular complexity index is 331. The normalized spacial score (nSPS) is 12.2. The van der Waals surface area contributed by atoms with Crippen LogP contribution >= 0.6 is 0 Å². The molecule has 0 bridgehead atoms. The molecule has 0 radical (unpaired) electrons. The minimum absolute atomic E-state index is 0.119. The first kappa shape index (κ1) is 10.8. The van der Waals surface area contributed by atoms with E-state index in [1.165, 1.54) is 0 Å². The van der Waals surface area contributed by atoms with Crippen LogP contribution in [0.3, 0.4) is 0 Å². The smallest absolute Gasteiger partial charge is 0.215 e. The van der Waals surface area contributed by atoms with Gasteiger partial charge in [-0.1, -0.05) is 0 Å². The lowest BCUT2D eigenvalue weighted by Gasteiger charge is -2.07. The number of nitrogens with zero attached hydrogens (tertiary/aromatic N) is 1. The van der Waals surface area contributed by atoms with Crippen molar-refractivity contribution in [1.29, 1.82) is 0 Å². The largest absolute Gasteiger partial charge is 0.433 e. The summed E-state index contributed by atoms with van der Waals surface area (Å²) in [4.78, 5) is 2.46. The molecule has 7 heteroatoms. The van der Waals surface area contributed by atoms with E-state index in [1.54, 1.807) is 0 Å². The monoisotopic (exact) mass is 215 g/mol. The van der Waals surface area contributed by atoms with Gasteiger partial charge in [-0.15, -0.1) is 0 Å². The predicted octanol–water partition coefficient (Wildman–Crippen LogP) is 3.18. The predicted molar refractivity (Wildman–Crippen MR) is 34.2 cm³/mol. The van der Waals surface area contributed by atoms with Crippen molar-refractivity contribution in [1.82, 2.24) is 4.98 Å². The maximum Gasteiger partial charge on any atom is 0.433 e. The number of pyridine rings is 1. The fraction of sp³-hybridized carbons (Fsp3) is 0.286. The highest BCUT2D eigenvalue weighted by molar-refractivity contribution is 5.20. The van der Waals surface area contributed by atoms with Crippen LogP contribution in [0.25, 0.3) is 0 Å². The molecule has 78 valence electrons. The molecule has 0 aliphatic rings. The molecule has 1 aromatic rings. The summed E-state index contributed by atoms with van der Waals surface area (Å²) in [5.41, 5.74) is -2.70. The number of aromatic nitrogens is 1. The van der Waals surface area contributed by atoms with E-state index < -0.39 is 29.8 Å². The van der Waals surface area contributed by atoms with Gasteiger partial charge in [0.25, 0.3) is 6.43 Å². The van der Waals surface area contributed by atoms with Gasteiger partial charge in [-0.25, -0.2) is 13.8 Å². The van der Waals surface area contributed by atoms with Gasteiger partial charge in [0.2, 0.25) is 5.95 Å². The van der Waals surface area contributed by atoms with E-state index in [4.69, 9.17) is 0 Å². The van der Waals surface area contributed by atoms with Crippen LogP contribution in [0, 0.1) is 5.95 Å². The molecule has 0 aliphatic heterocycles. The third-order valence-electron chi connectivity index (χ3n) is 1.36. The minimum Gasteiger partial charge on any atom is -0.215 e. The third kappa shape index (κ3) is 2.36. The van der Waals surface area contributed by atoms with E-state index in [0.717, 1.165) is 0 Å². The quantitative estimate of drug-likeness (QED) is 0.517. The van der Waals surface area contributed by atoms with Gasteiger partial charge in [0.05, 0.1) is 0 Å². The summed E-state index contributed by atoms with van der Waals surface area (Å²) in [6, 6.07) is 0.383. The third-order valence-corrected chi connectivity index (χ3v) is 1.36. The molecule has 0 aromatic carbocycles. The molecular formula is C7H3F6N. The zero-order valence-electron chi connectivity index (χ0n) is 6.45. The van der Waals surface area contributed by atoms with Crippen LogP contribution < -0.4 is 0 Å². The second-order valence-corrected chi connectivity index (χ2v) is 2.41. The van der Waals surface area contributed by atoms with Crippen molar-refractivity contribution in [2.45, 2.75) is 12.6 Å². The molecule has 0 atom stereocenters. The molecule has 0 spiro atoms. The number of hydrogen-bond donors (Lipinski definition) is 0. The summed E-state index contributed by atoms with van der Waals surface area (Å²) in [6.07, 6.45) is -8.08. The van der Waals surface area contributed by atoms with Crippen LogP contribution in [0.4, 0.5) is 26.3 Å². The summed E-state index contributed by atoms with van der Waals surface area (Å²) in [6.45, 7) is 0. The first-order valence-corrected chi connectivity index (χ1v) is 3.33. The highest BCUT2D eigenvalue weighted by atomic mass is 19.4. The SMILES string of the molecule is Fc1cc(C(F)F)cc(C(F)(F)F)n1. The Balaban J connectivity index is 3.21. The van der Waals surface area contributed by atoms with Crippen LogP contribution in [0.1, 0.15) is 17.7 Å². The van der Waals surface area contributed by atoms with Gasteiger partial charge >= 0.3 is 6.18 Å². The molecule has 1 rings (SSSR count). The fourth-order valence-corrected chi connectivity index (χ4v) is 0.788. The van der Waals surface area contributed by atoms with Gasteiger partial charge < -0.3 is 0 Å². The number of halogens is 6. The topological polar surface area (TPSA) is 12.9 Å². The summed E-state index contributed by atoms with van der Waals surface area (Å²) < 4.78 is 72.1. The summed E-state index contributed by atoms with van der Waals surface area (Å²) in [5, 5.41) is 0. The van der Waals surface area contributed by atoms with Crippen LogP contribution in [0.5, 0.6) is 0 Å². The molecule has 1 nitrogen and oxygen atoms in total. The molecule has 0 fully saturated rings. The first-order valence-electron chi connectivity index (χ1n) is 3.33. The molecular weight excluding hydrogens is 212 g/mol. The Labute approximate surface area is 74.4 Å². The standard InChI is InChI=1S/C7H3F6N/c8-5-2-3(6(9)10)1-4(14-5)7(11,12)13/h1-2,6H. The van der Waals surface area contributed by atoms with E-state index in [1.807, 2.05) is 0 Å². The van der Waals surface area contributed by atoms with Crippen LogP contribution in [-0.4, -0.2) is 4.98 Å². The Hall–Kier alpha value is -1.27. The molecule has 1 heterocycles. The molecule has 0 N–H and O–H groups in total. The lowest BCUT2D eigenvalue weighted by atomic mass is 10.2. The molecule has 0 saturated carbocycles. The zero-order chi connectivity index (χ0) is 10.9. The van der Waals surface area contributed by atoms with E-state index in [9.17, 15) is 26.3 Å². The van der Waals surface area contributed by atoms with Crippen LogP contribution in [-0.2, 0) is 6.18 Å². The van der Waals surface area contributed by atoms with Crippen molar-refractivity contribution in [2.24, 2.45) is 0 Å². The Morgan fingerprint density at radius 3 is 2.14 bits per heavy atom. The molecule has 0 saturated heterocycles. The summed E-state index contributed by atoms with van der Waals surface area (Å²) >= 11 is 0. The highest BCUT2D eigenvalue weighted by Gasteiger charge is 2.34. The maximum atomic E-state index is 12.4. The summed E-state index contributed by atoms with van der Waals surface area (Å²) in [7, 11) is 0. The maximum absolute atomic E-state index is 12.4. The van der Waals surface area contributed by atoms with E-state index >= 15 is 0 Å². The van der Waals surface area contributed by atoms with Crippen molar-refractivity contribution in [3.8, 4) is 0 Å². The minimum atomic E-state index is -4.92. The number of alkyl halides is 5. The Kier molecular flexibility index (Phi) is 2.68. The van der Waals surface area contributed by atoms with Gasteiger partial charge in [0, 0.05) is 11.6 Å². The lowest BCUT2D eigenvalue weighted by Crippen LogP contribution is -2.10. The molecule has 0 amide bonds. The van der Waals surface area contributed by atoms with Gasteiger partial charge in [-0.2, -0.15) is 17.6 Å². The second-order valence-electron chi connectivity index (χ2n) is 2.41. The molecule has 1 aromatic heterocycles. The lowest BCUT2D eigenvalue weighted by molar-refractivity contribution is -0.141. The number of hydrogen-bond acceptors (Lipinski definition) is 1. The molecule has 14 heavy (non-hydrogen) atoms. The van der Waals surface area contributed by atoms with Gasteiger partial charge in [0.15, 0.2) is 0 Å². The second kappa shape index (κ2) is 3.47. The van der Waals surface area contributed by atoms with E-state index in [0.29, 0.717) is 0 Å². The van der Waals surface area contributed by atoms with E-state index in [2.05, 4.69) is 4.98 Å². The summed E-state index contributed by atoms with van der Waals surface area (Å²) in [5.74, 6) is -1.57. The van der Waals surface area contributed by atoms with Crippen molar-refractivity contribution in [3.05, 3.63) is 29.3 Å². The molecule has 0 unspecified atom stereocenters. The number of rotatable bonds is 1. The highest BCUT2D eigenvalue weighted by Crippen LogP contribution is 2.30. The van der Waals surface area contributed by atoms with Crippen LogP contribution in [0.15, 0.2) is 12.1 Å². The first-order chi connectivity index (χ1) is 6.30. The van der Waals surface area contributed by atoms with E-state index in [-0.39, 0.29) is 12.1 Å². The van der Waals surface area contributed by atoms with Crippen molar-refractivity contribution in [3.63, 3.8) is 0 Å². The zero-order valence-corrected chi connectivity index (χ0v) is 6.45. The van der Waals surface area contributed by atoms with Crippen LogP contribution in [0.2, 0.25) is 0 Å².